The van der Waals surface area contributed by atoms with Gasteiger partial charge < -0.3 is 14.8 Å². The number of anilines is 1. The first-order valence-corrected chi connectivity index (χ1v) is 6.92. The molecule has 3 rings (SSSR count). The van der Waals surface area contributed by atoms with E-state index in [2.05, 4.69) is 5.32 Å². The average Bonchev–Trinajstić information content (AvgIpc) is 2.97. The molecule has 0 bridgehead atoms. The predicted molar refractivity (Wildman–Crippen MR) is 83.1 cm³/mol. The van der Waals surface area contributed by atoms with Crippen molar-refractivity contribution in [2.45, 2.75) is 13.8 Å². The molecule has 0 saturated heterocycles. The highest BCUT2D eigenvalue weighted by Crippen LogP contribution is 2.33. The van der Waals surface area contributed by atoms with Crippen LogP contribution in [0.4, 0.5) is 11.4 Å². The number of amides is 1. The third kappa shape index (κ3) is 2.80. The molecule has 0 aliphatic carbocycles. The van der Waals surface area contributed by atoms with Gasteiger partial charge in [-0.3, -0.25) is 14.9 Å². The van der Waals surface area contributed by atoms with Crippen LogP contribution >= 0.6 is 0 Å². The van der Waals surface area contributed by atoms with Gasteiger partial charge in [0.25, 0.3) is 11.6 Å². The van der Waals surface area contributed by atoms with Crippen molar-refractivity contribution in [1.82, 2.24) is 0 Å². The zero-order chi connectivity index (χ0) is 16.6. The molecule has 1 aliphatic heterocycles. The number of nitrogens with one attached hydrogen (secondary N) is 1. The Balaban J connectivity index is 1.87. The number of fused-ring (bicyclic) bond motifs is 1. The molecule has 2 aromatic rings. The second-order valence-corrected chi connectivity index (χ2v) is 5.23. The summed E-state index contributed by atoms with van der Waals surface area (Å²) in [6.45, 7) is 3.57. The number of benzene rings is 2. The van der Waals surface area contributed by atoms with Crippen LogP contribution in [0.15, 0.2) is 30.3 Å². The van der Waals surface area contributed by atoms with Gasteiger partial charge >= 0.3 is 0 Å². The molecule has 0 aromatic heterocycles. The predicted octanol–water partition coefficient (Wildman–Crippen LogP) is 3.19. The van der Waals surface area contributed by atoms with Crippen molar-refractivity contribution in [1.29, 1.82) is 0 Å². The number of carbonyl (C=O) groups excluding carboxylic acids is 1. The van der Waals surface area contributed by atoms with Crippen LogP contribution in [0.3, 0.4) is 0 Å². The van der Waals surface area contributed by atoms with Crippen LogP contribution in [0.2, 0.25) is 0 Å². The summed E-state index contributed by atoms with van der Waals surface area (Å²) in [5, 5.41) is 13.7. The molecule has 2 aromatic carbocycles. The quantitative estimate of drug-likeness (QED) is 0.694. The van der Waals surface area contributed by atoms with E-state index in [4.69, 9.17) is 9.47 Å². The first-order valence-electron chi connectivity index (χ1n) is 6.92. The Morgan fingerprint density at radius 1 is 1.13 bits per heavy atom. The molecule has 7 heteroatoms. The van der Waals surface area contributed by atoms with E-state index < -0.39 is 4.92 Å². The second-order valence-electron chi connectivity index (χ2n) is 5.23. The zero-order valence-electron chi connectivity index (χ0n) is 12.6. The van der Waals surface area contributed by atoms with Gasteiger partial charge in [-0.2, -0.15) is 0 Å². The van der Waals surface area contributed by atoms with Crippen molar-refractivity contribution in [3.8, 4) is 11.5 Å². The number of hydrogen-bond acceptors (Lipinski definition) is 5. The van der Waals surface area contributed by atoms with E-state index in [1.165, 1.54) is 12.1 Å². The van der Waals surface area contributed by atoms with Gasteiger partial charge in [-0.05, 0) is 43.2 Å². The SMILES string of the molecule is Cc1cc([N+](=O)[O-])cc(C)c1NC(=O)c1ccc2c(c1)OCO2. The lowest BCUT2D eigenvalue weighted by molar-refractivity contribution is -0.384. The Hall–Kier alpha value is -3.09. The van der Waals surface area contributed by atoms with E-state index in [-0.39, 0.29) is 18.4 Å². The molecule has 1 heterocycles. The van der Waals surface area contributed by atoms with Gasteiger partial charge in [0.05, 0.1) is 4.92 Å². The third-order valence-electron chi connectivity index (χ3n) is 3.60. The van der Waals surface area contributed by atoms with E-state index in [1.807, 2.05) is 0 Å². The largest absolute Gasteiger partial charge is 0.454 e. The molecule has 0 fully saturated rings. The van der Waals surface area contributed by atoms with Crippen molar-refractivity contribution in [3.63, 3.8) is 0 Å². The highest BCUT2D eigenvalue weighted by Gasteiger charge is 2.18. The first-order chi connectivity index (χ1) is 11.0. The van der Waals surface area contributed by atoms with Crippen LogP contribution in [0.25, 0.3) is 0 Å². The molecule has 0 atom stereocenters. The number of nitro groups is 1. The van der Waals surface area contributed by atoms with Crippen molar-refractivity contribution in [3.05, 3.63) is 57.1 Å². The number of carbonyl (C=O) groups is 1. The van der Waals surface area contributed by atoms with Crippen LogP contribution in [0, 0.1) is 24.0 Å². The van der Waals surface area contributed by atoms with Crippen LogP contribution in [-0.2, 0) is 0 Å². The lowest BCUT2D eigenvalue weighted by Gasteiger charge is -2.12. The highest BCUT2D eigenvalue weighted by molar-refractivity contribution is 6.05. The van der Waals surface area contributed by atoms with E-state index in [0.717, 1.165) is 0 Å². The summed E-state index contributed by atoms with van der Waals surface area (Å²) in [4.78, 5) is 22.8. The Labute approximate surface area is 132 Å². The van der Waals surface area contributed by atoms with Gasteiger partial charge in [-0.15, -0.1) is 0 Å². The summed E-state index contributed by atoms with van der Waals surface area (Å²) in [6, 6.07) is 7.78. The fourth-order valence-corrected chi connectivity index (χ4v) is 2.47. The van der Waals surface area contributed by atoms with Crippen molar-refractivity contribution in [2.24, 2.45) is 0 Å². The molecule has 1 aliphatic rings. The highest BCUT2D eigenvalue weighted by atomic mass is 16.7. The molecular weight excluding hydrogens is 300 g/mol. The Kier molecular flexibility index (Phi) is 3.61. The van der Waals surface area contributed by atoms with Gasteiger partial charge in [-0.1, -0.05) is 0 Å². The summed E-state index contributed by atoms with van der Waals surface area (Å²) in [5.74, 6) is 0.808. The third-order valence-corrected chi connectivity index (χ3v) is 3.60. The van der Waals surface area contributed by atoms with Crippen molar-refractivity contribution < 1.29 is 19.2 Å². The van der Waals surface area contributed by atoms with Crippen LogP contribution in [0.1, 0.15) is 21.5 Å². The van der Waals surface area contributed by atoms with Gasteiger partial charge in [0.15, 0.2) is 11.5 Å². The minimum Gasteiger partial charge on any atom is -0.454 e. The lowest BCUT2D eigenvalue weighted by atomic mass is 10.1. The van der Waals surface area contributed by atoms with Gasteiger partial charge in [0, 0.05) is 23.4 Å². The standard InChI is InChI=1S/C16H14N2O5/c1-9-5-12(18(20)21)6-10(2)15(9)17-16(19)11-3-4-13-14(7-11)23-8-22-13/h3-7H,8H2,1-2H3,(H,17,19). The van der Waals surface area contributed by atoms with Crippen molar-refractivity contribution >= 4 is 17.3 Å². The summed E-state index contributed by atoms with van der Waals surface area (Å²) < 4.78 is 10.5. The molecular formula is C16H14N2O5. The number of ether oxygens (including phenoxy) is 2. The molecule has 0 saturated carbocycles. The smallest absolute Gasteiger partial charge is 0.270 e. The van der Waals surface area contributed by atoms with Crippen LogP contribution in [-0.4, -0.2) is 17.6 Å². The molecule has 1 amide bonds. The summed E-state index contributed by atoms with van der Waals surface area (Å²) >= 11 is 0. The van der Waals surface area contributed by atoms with Crippen molar-refractivity contribution in [2.75, 3.05) is 12.1 Å². The number of rotatable bonds is 3. The first kappa shape index (κ1) is 14.8. The summed E-state index contributed by atoms with van der Waals surface area (Å²) in [6.07, 6.45) is 0. The van der Waals surface area contributed by atoms with E-state index in [1.54, 1.807) is 32.0 Å². The Morgan fingerprint density at radius 3 is 2.43 bits per heavy atom. The number of nitrogens with zero attached hydrogens (tertiary/aromatic N) is 1. The number of aryl methyl sites for hydroxylation is 2. The van der Waals surface area contributed by atoms with E-state index >= 15 is 0 Å². The maximum atomic E-state index is 12.4. The van der Waals surface area contributed by atoms with Gasteiger partial charge in [0.1, 0.15) is 0 Å². The number of hydrogen-bond donors (Lipinski definition) is 1. The van der Waals surface area contributed by atoms with Gasteiger partial charge in [0.2, 0.25) is 6.79 Å². The van der Waals surface area contributed by atoms with Crippen LogP contribution < -0.4 is 14.8 Å². The number of non-ortho nitro benzene ring substituents is 1. The fourth-order valence-electron chi connectivity index (χ4n) is 2.47. The molecule has 23 heavy (non-hydrogen) atoms. The van der Waals surface area contributed by atoms with Crippen LogP contribution in [0.5, 0.6) is 11.5 Å². The fraction of sp³-hybridized carbons (Fsp3) is 0.188. The van der Waals surface area contributed by atoms with E-state index in [9.17, 15) is 14.9 Å². The molecule has 1 N–H and O–H groups in total. The van der Waals surface area contributed by atoms with E-state index in [0.29, 0.717) is 33.9 Å². The molecule has 118 valence electrons. The normalized spacial score (nSPS) is 12.1. The molecule has 0 spiro atoms. The Morgan fingerprint density at radius 2 is 1.78 bits per heavy atom. The molecule has 0 unspecified atom stereocenters. The maximum absolute atomic E-state index is 12.4. The molecule has 7 nitrogen and oxygen atoms in total. The second kappa shape index (κ2) is 5.60. The Bertz CT molecular complexity index is 793. The maximum Gasteiger partial charge on any atom is 0.270 e. The minimum absolute atomic E-state index is 0.000999. The molecule has 0 radical (unpaired) electrons. The zero-order valence-corrected chi connectivity index (χ0v) is 12.6. The lowest BCUT2D eigenvalue weighted by Crippen LogP contribution is -2.14. The summed E-state index contributed by atoms with van der Waals surface area (Å²) in [5.41, 5.74) is 2.25. The number of nitro benzene ring substituents is 1. The topological polar surface area (TPSA) is 90.7 Å². The minimum atomic E-state index is -0.455. The summed E-state index contributed by atoms with van der Waals surface area (Å²) in [7, 11) is 0. The average molecular weight is 314 g/mol. The van der Waals surface area contributed by atoms with Gasteiger partial charge in [-0.25, -0.2) is 0 Å². The monoisotopic (exact) mass is 314 g/mol.